The van der Waals surface area contributed by atoms with E-state index in [9.17, 15) is 13.4 Å². The third kappa shape index (κ3) is 4.65. The minimum atomic E-state index is -1.03. The fourth-order valence-corrected chi connectivity index (χ4v) is 7.26. The summed E-state index contributed by atoms with van der Waals surface area (Å²) in [5, 5.41) is 8.06. The number of fused-ring (bicyclic) bond motifs is 2. The molecule has 3 aromatic rings. The van der Waals surface area contributed by atoms with Crippen LogP contribution in [0.1, 0.15) is 48.6 Å². The highest BCUT2D eigenvalue weighted by Crippen LogP contribution is 2.34. The molecule has 170 valence electrons. The molecule has 0 saturated carbocycles. The van der Waals surface area contributed by atoms with E-state index in [0.717, 1.165) is 77.6 Å². The number of hydrogen-bond donors (Lipinski definition) is 1. The molecule has 0 spiro atoms. The van der Waals surface area contributed by atoms with Crippen molar-refractivity contribution < 1.29 is 17.9 Å². The van der Waals surface area contributed by atoms with Gasteiger partial charge < -0.3 is 14.7 Å². The first-order chi connectivity index (χ1) is 15.6. The number of anilines is 1. The van der Waals surface area contributed by atoms with E-state index in [4.69, 9.17) is 4.52 Å². The molecule has 1 aromatic carbocycles. The van der Waals surface area contributed by atoms with Crippen molar-refractivity contribution in [3.8, 4) is 0 Å². The molecule has 2 aliphatic heterocycles. The van der Waals surface area contributed by atoms with E-state index in [0.29, 0.717) is 23.7 Å². The van der Waals surface area contributed by atoms with Crippen molar-refractivity contribution in [1.29, 1.82) is 0 Å². The highest BCUT2D eigenvalue weighted by Gasteiger charge is 2.25. The maximum absolute atomic E-state index is 13.4. The fourth-order valence-electron chi connectivity index (χ4n) is 4.61. The Hall–Kier alpha value is -2.10. The van der Waals surface area contributed by atoms with E-state index in [2.05, 4.69) is 15.4 Å². The number of benzene rings is 1. The highest BCUT2D eigenvalue weighted by molar-refractivity contribution is 7.87. The molecule has 0 radical (unpaired) electrons. The second-order valence-corrected chi connectivity index (χ2v) is 11.5. The van der Waals surface area contributed by atoms with Crippen molar-refractivity contribution in [3.05, 3.63) is 40.7 Å². The number of aromatic nitrogens is 1. The van der Waals surface area contributed by atoms with Crippen LogP contribution in [-0.4, -0.2) is 45.6 Å². The first-order valence-corrected chi connectivity index (χ1v) is 13.3. The van der Waals surface area contributed by atoms with Crippen LogP contribution in [0.15, 0.2) is 33.0 Å². The Morgan fingerprint density at radius 1 is 1.25 bits per heavy atom. The summed E-state index contributed by atoms with van der Waals surface area (Å²) in [4.78, 5) is 15.3. The number of carbonyl (C=O) groups is 1. The van der Waals surface area contributed by atoms with Gasteiger partial charge in [-0.1, -0.05) is 5.16 Å². The van der Waals surface area contributed by atoms with Gasteiger partial charge in [-0.15, -0.1) is 11.3 Å². The Morgan fingerprint density at radius 3 is 2.94 bits per heavy atom. The number of nitrogens with one attached hydrogen (secondary N) is 1. The zero-order valence-electron chi connectivity index (χ0n) is 17.8. The zero-order valence-corrected chi connectivity index (χ0v) is 19.4. The second kappa shape index (κ2) is 9.41. The van der Waals surface area contributed by atoms with Crippen molar-refractivity contribution in [1.82, 2.24) is 10.1 Å². The van der Waals surface area contributed by atoms with E-state index < -0.39 is 10.8 Å². The summed E-state index contributed by atoms with van der Waals surface area (Å²) in [6.07, 6.45) is 5.13. The molecule has 2 aromatic heterocycles. The normalized spacial score (nSPS) is 19.0. The van der Waals surface area contributed by atoms with Crippen molar-refractivity contribution in [2.75, 3.05) is 30.7 Å². The molecule has 5 rings (SSSR count). The van der Waals surface area contributed by atoms with Crippen LogP contribution >= 0.6 is 11.3 Å². The molecule has 1 unspecified atom stereocenters. The molecule has 32 heavy (non-hydrogen) atoms. The summed E-state index contributed by atoms with van der Waals surface area (Å²) >= 11 is 1.58. The van der Waals surface area contributed by atoms with Gasteiger partial charge in [-0.3, -0.25) is 9.00 Å². The van der Waals surface area contributed by atoms with Gasteiger partial charge in [-0.25, -0.2) is 4.39 Å². The van der Waals surface area contributed by atoms with Crippen molar-refractivity contribution in [2.45, 2.75) is 48.7 Å². The molecule has 6 nitrogen and oxygen atoms in total. The van der Waals surface area contributed by atoms with Gasteiger partial charge in [0, 0.05) is 34.4 Å². The number of likely N-dealkylation sites (tertiary alicyclic amines) is 1. The van der Waals surface area contributed by atoms with Crippen LogP contribution in [0.5, 0.6) is 0 Å². The van der Waals surface area contributed by atoms with Gasteiger partial charge in [0.05, 0.1) is 26.4 Å². The minimum absolute atomic E-state index is 0.0491. The average molecular weight is 476 g/mol. The standard InChI is InChI=1S/C23H26FN3O3S2/c24-16-5-6-17-19(13-16)30-26-23(17)15-7-10-27(11-8-15)9-2-12-32(29)22-14-18-20(31-22)3-1-4-21(28)25-18/h5-6,13-15H,1-4,7-12H2,(H,25,28). The number of aryl methyl sites for hydroxylation is 1. The molecule has 2 aliphatic rings. The summed E-state index contributed by atoms with van der Waals surface area (Å²) in [5.74, 6) is 0.694. The monoisotopic (exact) mass is 475 g/mol. The van der Waals surface area contributed by atoms with Crippen LogP contribution in [0.25, 0.3) is 11.0 Å². The maximum Gasteiger partial charge on any atom is 0.224 e. The lowest BCUT2D eigenvalue weighted by atomic mass is 9.91. The van der Waals surface area contributed by atoms with E-state index in [1.165, 1.54) is 12.1 Å². The summed E-state index contributed by atoms with van der Waals surface area (Å²) < 4.78 is 32.3. The van der Waals surface area contributed by atoms with Crippen LogP contribution in [-0.2, 0) is 22.0 Å². The minimum Gasteiger partial charge on any atom is -0.356 e. The number of carbonyl (C=O) groups excluding carboxylic acids is 1. The number of hydrogen-bond acceptors (Lipinski definition) is 6. The van der Waals surface area contributed by atoms with Crippen molar-refractivity contribution in [3.63, 3.8) is 0 Å². The number of piperidine rings is 1. The first kappa shape index (κ1) is 21.7. The Labute approximate surface area is 192 Å². The maximum atomic E-state index is 13.4. The molecule has 1 atom stereocenters. The smallest absolute Gasteiger partial charge is 0.224 e. The Morgan fingerprint density at radius 2 is 2.09 bits per heavy atom. The highest BCUT2D eigenvalue weighted by atomic mass is 32.2. The van der Waals surface area contributed by atoms with Crippen LogP contribution < -0.4 is 5.32 Å². The Bertz CT molecular complexity index is 1150. The Balaban J connectivity index is 1.10. The van der Waals surface area contributed by atoms with Crippen molar-refractivity contribution in [2.24, 2.45) is 0 Å². The number of thiophene rings is 1. The van der Waals surface area contributed by atoms with Gasteiger partial charge in [0.15, 0.2) is 5.58 Å². The van der Waals surface area contributed by atoms with Crippen molar-refractivity contribution >= 4 is 44.7 Å². The van der Waals surface area contributed by atoms with Crippen LogP contribution in [0.4, 0.5) is 10.1 Å². The third-order valence-electron chi connectivity index (χ3n) is 6.33. The van der Waals surface area contributed by atoms with E-state index in [1.54, 1.807) is 17.4 Å². The molecule has 4 heterocycles. The number of rotatable bonds is 6. The zero-order chi connectivity index (χ0) is 22.1. The predicted molar refractivity (Wildman–Crippen MR) is 124 cm³/mol. The average Bonchev–Trinajstić information content (AvgIpc) is 3.33. The van der Waals surface area contributed by atoms with E-state index in [-0.39, 0.29) is 11.7 Å². The molecule has 1 amide bonds. The predicted octanol–water partition coefficient (Wildman–Crippen LogP) is 4.68. The van der Waals surface area contributed by atoms with E-state index >= 15 is 0 Å². The quantitative estimate of drug-likeness (QED) is 0.560. The van der Waals surface area contributed by atoms with Gasteiger partial charge in [0.2, 0.25) is 5.91 Å². The summed E-state index contributed by atoms with van der Waals surface area (Å²) in [5.41, 5.74) is 2.30. The van der Waals surface area contributed by atoms with Gasteiger partial charge >= 0.3 is 0 Å². The van der Waals surface area contributed by atoms with Gasteiger partial charge in [0.1, 0.15) is 5.82 Å². The number of amides is 1. The molecular formula is C23H26FN3O3S2. The second-order valence-electron chi connectivity index (χ2n) is 8.53. The molecule has 0 bridgehead atoms. The fraction of sp³-hybridized carbons (Fsp3) is 0.478. The molecular weight excluding hydrogens is 449 g/mol. The van der Waals surface area contributed by atoms with Gasteiger partial charge in [0.25, 0.3) is 0 Å². The molecule has 1 fully saturated rings. The summed E-state index contributed by atoms with van der Waals surface area (Å²) in [6.45, 7) is 2.85. The van der Waals surface area contributed by atoms with Gasteiger partial charge in [-0.05, 0) is 69.9 Å². The van der Waals surface area contributed by atoms with Crippen LogP contribution in [0.2, 0.25) is 0 Å². The summed E-state index contributed by atoms with van der Waals surface area (Å²) in [6, 6.07) is 6.51. The molecule has 9 heteroatoms. The number of halogens is 1. The molecule has 0 aliphatic carbocycles. The lowest BCUT2D eigenvalue weighted by Gasteiger charge is -2.31. The third-order valence-corrected chi connectivity index (χ3v) is 9.36. The van der Waals surface area contributed by atoms with E-state index in [1.807, 2.05) is 6.07 Å². The number of nitrogens with zero attached hydrogens (tertiary/aromatic N) is 2. The van der Waals surface area contributed by atoms with Crippen LogP contribution in [0.3, 0.4) is 0 Å². The summed E-state index contributed by atoms with van der Waals surface area (Å²) in [7, 11) is -1.03. The Kier molecular flexibility index (Phi) is 6.39. The first-order valence-electron chi connectivity index (χ1n) is 11.1. The largest absolute Gasteiger partial charge is 0.356 e. The lowest BCUT2D eigenvalue weighted by Crippen LogP contribution is -2.34. The van der Waals surface area contributed by atoms with Crippen LogP contribution in [0, 0.1) is 5.82 Å². The van der Waals surface area contributed by atoms with Gasteiger partial charge in [-0.2, -0.15) is 0 Å². The lowest BCUT2D eigenvalue weighted by molar-refractivity contribution is -0.116. The SMILES string of the molecule is O=C1CCCc2sc(S(=O)CCCN3CCC(c4noc5cc(F)ccc45)CC3)cc2N1. The topological polar surface area (TPSA) is 75.4 Å². The molecule has 1 saturated heterocycles. The molecule has 1 N–H and O–H groups in total.